The van der Waals surface area contributed by atoms with Gasteiger partial charge in [0.1, 0.15) is 0 Å². The van der Waals surface area contributed by atoms with E-state index < -0.39 is 29.5 Å². The summed E-state index contributed by atoms with van der Waals surface area (Å²) in [6.07, 6.45) is -4.19. The summed E-state index contributed by atoms with van der Waals surface area (Å²) in [7, 11) is 1.50. The molecule has 1 aromatic rings. The second-order valence-corrected chi connectivity index (χ2v) is 5.82. The number of ether oxygens (including phenoxy) is 1. The Morgan fingerprint density at radius 2 is 1.96 bits per heavy atom. The van der Waals surface area contributed by atoms with Crippen molar-refractivity contribution in [3.8, 4) is 0 Å². The van der Waals surface area contributed by atoms with Gasteiger partial charge in [0.15, 0.2) is 0 Å². The number of nitrogens with one attached hydrogen (secondary N) is 2. The fraction of sp³-hybridized carbons (Fsp3) is 0.467. The molecule has 1 aliphatic carbocycles. The monoisotopic (exact) mass is 364 g/mol. The predicted octanol–water partition coefficient (Wildman–Crippen LogP) is 2.70. The highest BCUT2D eigenvalue weighted by molar-refractivity contribution is 6.33. The third kappa shape index (κ3) is 4.61. The maximum Gasteiger partial charge on any atom is 0.416 e. The first kappa shape index (κ1) is 18.5. The number of carbonyl (C=O) groups excluding carboxylic acids is 2. The molecule has 2 N–H and O–H groups in total. The third-order valence-corrected chi connectivity index (χ3v) is 3.95. The molecule has 0 spiro atoms. The quantitative estimate of drug-likeness (QED) is 0.763. The first-order chi connectivity index (χ1) is 11.2. The average Bonchev–Trinajstić information content (AvgIpc) is 3.29. The van der Waals surface area contributed by atoms with Crippen molar-refractivity contribution in [1.82, 2.24) is 5.32 Å². The van der Waals surface area contributed by atoms with Crippen LogP contribution < -0.4 is 10.6 Å². The lowest BCUT2D eigenvalue weighted by atomic mass is 10.2. The molecule has 1 fully saturated rings. The van der Waals surface area contributed by atoms with E-state index >= 15 is 0 Å². The molecule has 2 unspecified atom stereocenters. The minimum atomic E-state index is -4.53. The molecule has 1 aliphatic rings. The molecule has 2 rings (SSSR count). The fourth-order valence-corrected chi connectivity index (χ4v) is 2.37. The molecule has 9 heteroatoms. The maximum absolute atomic E-state index is 12.7. The van der Waals surface area contributed by atoms with Crippen LogP contribution in [-0.4, -0.2) is 32.1 Å². The van der Waals surface area contributed by atoms with E-state index in [2.05, 4.69) is 10.6 Å². The van der Waals surface area contributed by atoms with Crippen molar-refractivity contribution in [2.75, 3.05) is 25.6 Å². The Bertz CT molecular complexity index is 637. The van der Waals surface area contributed by atoms with Crippen molar-refractivity contribution in [2.45, 2.75) is 12.6 Å². The number of halogens is 4. The lowest BCUT2D eigenvalue weighted by molar-refractivity contribution is -0.137. The Hall–Kier alpha value is -1.80. The summed E-state index contributed by atoms with van der Waals surface area (Å²) in [6, 6.07) is 2.68. The minimum absolute atomic E-state index is 0.00176. The topological polar surface area (TPSA) is 67.4 Å². The van der Waals surface area contributed by atoms with Gasteiger partial charge in [-0.3, -0.25) is 9.59 Å². The molecule has 2 amide bonds. The molecular formula is C15H16ClF3N2O3. The highest BCUT2D eigenvalue weighted by atomic mass is 35.5. The Morgan fingerprint density at radius 1 is 1.29 bits per heavy atom. The van der Waals surface area contributed by atoms with Gasteiger partial charge in [0.05, 0.1) is 34.7 Å². The van der Waals surface area contributed by atoms with E-state index in [0.29, 0.717) is 19.6 Å². The van der Waals surface area contributed by atoms with Crippen LogP contribution >= 0.6 is 11.6 Å². The number of hydrogen-bond donors (Lipinski definition) is 2. The zero-order valence-corrected chi connectivity index (χ0v) is 13.5. The number of benzene rings is 1. The number of hydrogen-bond acceptors (Lipinski definition) is 3. The van der Waals surface area contributed by atoms with Crippen LogP contribution in [0.3, 0.4) is 0 Å². The molecule has 0 aliphatic heterocycles. The van der Waals surface area contributed by atoms with Gasteiger partial charge in [-0.25, -0.2) is 0 Å². The normalized spacial score (nSPS) is 19.7. The first-order valence-corrected chi connectivity index (χ1v) is 7.56. The molecule has 0 saturated heterocycles. The molecule has 1 aromatic carbocycles. The Labute approximate surface area is 141 Å². The molecular weight excluding hydrogens is 349 g/mol. The van der Waals surface area contributed by atoms with Gasteiger partial charge in [-0.15, -0.1) is 0 Å². The van der Waals surface area contributed by atoms with E-state index in [9.17, 15) is 22.8 Å². The van der Waals surface area contributed by atoms with Crippen molar-refractivity contribution < 1.29 is 27.5 Å². The number of amides is 2. The largest absolute Gasteiger partial charge is 0.416 e. The summed E-state index contributed by atoms with van der Waals surface area (Å²) < 4.78 is 42.9. The second-order valence-electron chi connectivity index (χ2n) is 5.41. The Balaban J connectivity index is 1.95. The molecule has 0 bridgehead atoms. The predicted molar refractivity (Wildman–Crippen MR) is 81.6 cm³/mol. The number of rotatable bonds is 6. The van der Waals surface area contributed by atoms with Gasteiger partial charge in [-0.05, 0) is 24.6 Å². The van der Waals surface area contributed by atoms with Gasteiger partial charge >= 0.3 is 6.18 Å². The van der Waals surface area contributed by atoms with Gasteiger partial charge in [0, 0.05) is 13.7 Å². The summed E-state index contributed by atoms with van der Waals surface area (Å²) >= 11 is 5.82. The minimum Gasteiger partial charge on any atom is -0.383 e. The summed E-state index contributed by atoms with van der Waals surface area (Å²) in [5.41, 5.74) is -1.03. The van der Waals surface area contributed by atoms with E-state index in [1.165, 1.54) is 7.11 Å². The standard InChI is InChI=1S/C15H16ClF3N2O3/c1-24-5-4-20-13(22)9-7-10(9)14(23)21-12-6-8(15(17,18)19)2-3-11(12)16/h2-3,6,9-10H,4-5,7H2,1H3,(H,20,22)(H,21,23). The molecule has 5 nitrogen and oxygen atoms in total. The lowest BCUT2D eigenvalue weighted by Gasteiger charge is -2.11. The van der Waals surface area contributed by atoms with Crippen molar-refractivity contribution in [3.05, 3.63) is 28.8 Å². The molecule has 2 atom stereocenters. The van der Waals surface area contributed by atoms with Crippen molar-refractivity contribution >= 4 is 29.1 Å². The van der Waals surface area contributed by atoms with Crippen LogP contribution in [0.4, 0.5) is 18.9 Å². The van der Waals surface area contributed by atoms with Crippen molar-refractivity contribution in [1.29, 1.82) is 0 Å². The molecule has 1 saturated carbocycles. The van der Waals surface area contributed by atoms with Crippen molar-refractivity contribution in [3.63, 3.8) is 0 Å². The van der Waals surface area contributed by atoms with E-state index in [1.54, 1.807) is 0 Å². The van der Waals surface area contributed by atoms with Gasteiger partial charge in [0.25, 0.3) is 0 Å². The van der Waals surface area contributed by atoms with Gasteiger partial charge in [0.2, 0.25) is 11.8 Å². The Morgan fingerprint density at radius 3 is 2.58 bits per heavy atom. The SMILES string of the molecule is COCCNC(=O)C1CC1C(=O)Nc1cc(C(F)(F)F)ccc1Cl. The molecule has 0 aromatic heterocycles. The highest BCUT2D eigenvalue weighted by Crippen LogP contribution is 2.40. The van der Waals surface area contributed by atoms with E-state index in [-0.39, 0.29) is 16.6 Å². The van der Waals surface area contributed by atoms with Crippen LogP contribution in [0.15, 0.2) is 18.2 Å². The summed E-state index contributed by atoms with van der Waals surface area (Å²) in [5.74, 6) is -1.85. The summed E-state index contributed by atoms with van der Waals surface area (Å²) in [4.78, 5) is 23.9. The van der Waals surface area contributed by atoms with Gasteiger partial charge in [-0.2, -0.15) is 13.2 Å². The molecule has 132 valence electrons. The Kier molecular flexibility index (Phi) is 5.71. The highest BCUT2D eigenvalue weighted by Gasteiger charge is 2.48. The summed E-state index contributed by atoms with van der Waals surface area (Å²) in [5, 5.41) is 4.98. The zero-order chi connectivity index (χ0) is 17.9. The van der Waals surface area contributed by atoms with E-state index in [0.717, 1.165) is 18.2 Å². The number of methoxy groups -OCH3 is 1. The number of alkyl halides is 3. The smallest absolute Gasteiger partial charge is 0.383 e. The van der Waals surface area contributed by atoms with Crippen LogP contribution in [0.2, 0.25) is 5.02 Å². The van der Waals surface area contributed by atoms with Crippen LogP contribution in [0.1, 0.15) is 12.0 Å². The summed E-state index contributed by atoms with van der Waals surface area (Å²) in [6.45, 7) is 0.689. The molecule has 0 radical (unpaired) electrons. The lowest BCUT2D eigenvalue weighted by Crippen LogP contribution is -2.30. The van der Waals surface area contributed by atoms with Gasteiger partial charge in [-0.1, -0.05) is 11.6 Å². The van der Waals surface area contributed by atoms with Crippen LogP contribution in [0.25, 0.3) is 0 Å². The zero-order valence-electron chi connectivity index (χ0n) is 12.7. The van der Waals surface area contributed by atoms with Gasteiger partial charge < -0.3 is 15.4 Å². The first-order valence-electron chi connectivity index (χ1n) is 7.18. The number of anilines is 1. The third-order valence-electron chi connectivity index (χ3n) is 3.62. The fourth-order valence-electron chi connectivity index (χ4n) is 2.20. The van der Waals surface area contributed by atoms with E-state index in [1.807, 2.05) is 0 Å². The van der Waals surface area contributed by atoms with Crippen molar-refractivity contribution in [2.24, 2.45) is 11.8 Å². The van der Waals surface area contributed by atoms with Crippen LogP contribution in [0.5, 0.6) is 0 Å². The molecule has 24 heavy (non-hydrogen) atoms. The molecule has 0 heterocycles. The maximum atomic E-state index is 12.7. The number of carbonyl (C=O) groups is 2. The second kappa shape index (κ2) is 7.40. The van der Waals surface area contributed by atoms with Crippen LogP contribution in [0, 0.1) is 11.8 Å². The van der Waals surface area contributed by atoms with E-state index in [4.69, 9.17) is 16.3 Å². The van der Waals surface area contributed by atoms with Crippen LogP contribution in [-0.2, 0) is 20.5 Å². The average molecular weight is 365 g/mol.